The molecule has 2 rings (SSSR count). The Hall–Kier alpha value is -1.56. The Morgan fingerprint density at radius 1 is 1.50 bits per heavy atom. The van der Waals surface area contributed by atoms with Crippen molar-refractivity contribution in [1.29, 1.82) is 5.26 Å². The molecule has 1 aliphatic heterocycles. The van der Waals surface area contributed by atoms with Crippen molar-refractivity contribution in [3.05, 3.63) is 23.9 Å². The summed E-state index contributed by atoms with van der Waals surface area (Å²) in [6, 6.07) is 5.66. The fourth-order valence-corrected chi connectivity index (χ4v) is 1.21. The van der Waals surface area contributed by atoms with Gasteiger partial charge in [0, 0.05) is 19.3 Å². The SMILES string of the molecule is N#Cc1ccnc(N2CCC2)c1. The summed E-state index contributed by atoms with van der Waals surface area (Å²) in [6.07, 6.45) is 2.92. The highest BCUT2D eigenvalue weighted by Crippen LogP contribution is 2.17. The molecule has 0 saturated carbocycles. The second-order valence-corrected chi connectivity index (χ2v) is 2.86. The zero-order chi connectivity index (χ0) is 8.39. The number of pyridine rings is 1. The van der Waals surface area contributed by atoms with Gasteiger partial charge in [-0.25, -0.2) is 4.98 Å². The first-order chi connectivity index (χ1) is 5.90. The van der Waals surface area contributed by atoms with Crippen molar-refractivity contribution in [2.45, 2.75) is 6.42 Å². The summed E-state index contributed by atoms with van der Waals surface area (Å²) >= 11 is 0. The van der Waals surface area contributed by atoms with Crippen LogP contribution in [-0.2, 0) is 0 Å². The third-order valence-corrected chi connectivity index (χ3v) is 2.05. The van der Waals surface area contributed by atoms with Crippen molar-refractivity contribution in [2.75, 3.05) is 18.0 Å². The molecule has 2 heterocycles. The molecule has 0 radical (unpaired) electrons. The van der Waals surface area contributed by atoms with Gasteiger partial charge in [-0.2, -0.15) is 5.26 Å². The number of hydrogen-bond donors (Lipinski definition) is 0. The van der Waals surface area contributed by atoms with Crippen LogP contribution in [0, 0.1) is 11.3 Å². The van der Waals surface area contributed by atoms with Crippen LogP contribution in [0.4, 0.5) is 5.82 Å². The highest BCUT2D eigenvalue weighted by molar-refractivity contribution is 5.46. The summed E-state index contributed by atoms with van der Waals surface area (Å²) in [7, 11) is 0. The maximum Gasteiger partial charge on any atom is 0.129 e. The number of nitriles is 1. The first-order valence-electron chi connectivity index (χ1n) is 4.01. The van der Waals surface area contributed by atoms with Gasteiger partial charge in [0.1, 0.15) is 5.82 Å². The molecule has 3 nitrogen and oxygen atoms in total. The summed E-state index contributed by atoms with van der Waals surface area (Å²) in [4.78, 5) is 6.35. The van der Waals surface area contributed by atoms with Crippen LogP contribution in [0.15, 0.2) is 18.3 Å². The van der Waals surface area contributed by atoms with E-state index in [-0.39, 0.29) is 0 Å². The smallest absolute Gasteiger partial charge is 0.129 e. The Kier molecular flexibility index (Phi) is 1.67. The molecule has 0 spiro atoms. The second kappa shape index (κ2) is 2.82. The van der Waals surface area contributed by atoms with Gasteiger partial charge in [-0.15, -0.1) is 0 Å². The molecule has 1 aromatic rings. The Labute approximate surface area is 71.3 Å². The fourth-order valence-electron chi connectivity index (χ4n) is 1.21. The third-order valence-electron chi connectivity index (χ3n) is 2.05. The Balaban J connectivity index is 2.27. The highest BCUT2D eigenvalue weighted by atomic mass is 15.2. The van der Waals surface area contributed by atoms with E-state index in [1.807, 2.05) is 6.07 Å². The van der Waals surface area contributed by atoms with Gasteiger partial charge in [0.2, 0.25) is 0 Å². The van der Waals surface area contributed by atoms with Crippen LogP contribution in [0.25, 0.3) is 0 Å². The maximum absolute atomic E-state index is 8.64. The van der Waals surface area contributed by atoms with E-state index in [0.717, 1.165) is 18.9 Å². The Morgan fingerprint density at radius 2 is 2.33 bits per heavy atom. The van der Waals surface area contributed by atoms with Crippen LogP contribution in [0.5, 0.6) is 0 Å². The lowest BCUT2D eigenvalue weighted by Gasteiger charge is -2.31. The van der Waals surface area contributed by atoms with Crippen LogP contribution in [0.2, 0.25) is 0 Å². The Morgan fingerprint density at radius 3 is 2.92 bits per heavy atom. The number of anilines is 1. The van der Waals surface area contributed by atoms with Gasteiger partial charge < -0.3 is 4.90 Å². The van der Waals surface area contributed by atoms with E-state index in [9.17, 15) is 0 Å². The van der Waals surface area contributed by atoms with Crippen LogP contribution in [-0.4, -0.2) is 18.1 Å². The van der Waals surface area contributed by atoms with Crippen molar-refractivity contribution in [2.24, 2.45) is 0 Å². The van der Waals surface area contributed by atoms with Crippen LogP contribution >= 0.6 is 0 Å². The summed E-state index contributed by atoms with van der Waals surface area (Å²) in [6.45, 7) is 2.14. The summed E-state index contributed by atoms with van der Waals surface area (Å²) in [5.41, 5.74) is 0.687. The molecule has 0 atom stereocenters. The molecule has 60 valence electrons. The first kappa shape index (κ1) is 7.11. The molecular formula is C9H9N3. The van der Waals surface area contributed by atoms with E-state index in [1.54, 1.807) is 12.3 Å². The molecule has 1 fully saturated rings. The van der Waals surface area contributed by atoms with Crippen molar-refractivity contribution < 1.29 is 0 Å². The van der Waals surface area contributed by atoms with Gasteiger partial charge in [-0.3, -0.25) is 0 Å². The minimum Gasteiger partial charge on any atom is -0.356 e. The third kappa shape index (κ3) is 1.12. The van der Waals surface area contributed by atoms with Gasteiger partial charge in [0.15, 0.2) is 0 Å². The summed E-state index contributed by atoms with van der Waals surface area (Å²) in [5, 5.41) is 8.64. The molecule has 1 aliphatic rings. The van der Waals surface area contributed by atoms with E-state index in [1.165, 1.54) is 6.42 Å². The van der Waals surface area contributed by atoms with Crippen LogP contribution in [0.3, 0.4) is 0 Å². The first-order valence-corrected chi connectivity index (χ1v) is 4.01. The molecule has 0 N–H and O–H groups in total. The molecule has 0 bridgehead atoms. The topological polar surface area (TPSA) is 39.9 Å². The van der Waals surface area contributed by atoms with Crippen molar-refractivity contribution in [1.82, 2.24) is 4.98 Å². The quantitative estimate of drug-likeness (QED) is 0.617. The normalized spacial score (nSPS) is 15.1. The largest absolute Gasteiger partial charge is 0.356 e. The minimum atomic E-state index is 0.687. The Bertz CT molecular complexity index is 323. The maximum atomic E-state index is 8.64. The number of hydrogen-bond acceptors (Lipinski definition) is 3. The molecule has 12 heavy (non-hydrogen) atoms. The molecule has 0 amide bonds. The fraction of sp³-hybridized carbons (Fsp3) is 0.333. The lowest BCUT2D eigenvalue weighted by atomic mass is 10.2. The molecule has 0 aromatic carbocycles. The molecular weight excluding hydrogens is 150 g/mol. The molecule has 1 saturated heterocycles. The lowest BCUT2D eigenvalue weighted by Crippen LogP contribution is -2.37. The van der Waals surface area contributed by atoms with Gasteiger partial charge in [0.05, 0.1) is 11.6 Å². The van der Waals surface area contributed by atoms with Crippen molar-refractivity contribution in [3.8, 4) is 6.07 Å². The van der Waals surface area contributed by atoms with Crippen molar-refractivity contribution in [3.63, 3.8) is 0 Å². The number of aromatic nitrogens is 1. The predicted molar refractivity (Wildman–Crippen MR) is 45.8 cm³/mol. The van der Waals surface area contributed by atoms with Gasteiger partial charge in [-0.05, 0) is 18.6 Å². The molecule has 3 heteroatoms. The van der Waals surface area contributed by atoms with Gasteiger partial charge in [-0.1, -0.05) is 0 Å². The predicted octanol–water partition coefficient (Wildman–Crippen LogP) is 1.16. The number of rotatable bonds is 1. The van der Waals surface area contributed by atoms with E-state index in [2.05, 4.69) is 16.0 Å². The van der Waals surface area contributed by atoms with Crippen LogP contribution in [0.1, 0.15) is 12.0 Å². The van der Waals surface area contributed by atoms with E-state index >= 15 is 0 Å². The molecule has 0 aliphatic carbocycles. The highest BCUT2D eigenvalue weighted by Gasteiger charge is 2.15. The second-order valence-electron chi connectivity index (χ2n) is 2.86. The average molecular weight is 159 g/mol. The molecule has 0 unspecified atom stereocenters. The number of nitrogens with zero attached hydrogens (tertiary/aromatic N) is 3. The zero-order valence-electron chi connectivity index (χ0n) is 6.70. The summed E-state index contributed by atoms with van der Waals surface area (Å²) < 4.78 is 0. The van der Waals surface area contributed by atoms with Gasteiger partial charge in [0.25, 0.3) is 0 Å². The monoisotopic (exact) mass is 159 g/mol. The lowest BCUT2D eigenvalue weighted by molar-refractivity contribution is 0.609. The van der Waals surface area contributed by atoms with Gasteiger partial charge >= 0.3 is 0 Å². The zero-order valence-corrected chi connectivity index (χ0v) is 6.70. The van der Waals surface area contributed by atoms with E-state index in [4.69, 9.17) is 5.26 Å². The minimum absolute atomic E-state index is 0.687. The summed E-state index contributed by atoms with van der Waals surface area (Å²) in [5.74, 6) is 0.931. The van der Waals surface area contributed by atoms with E-state index < -0.39 is 0 Å². The molecule has 1 aromatic heterocycles. The average Bonchev–Trinajstić information content (AvgIpc) is 2.02. The van der Waals surface area contributed by atoms with Crippen LogP contribution < -0.4 is 4.90 Å². The van der Waals surface area contributed by atoms with Crippen molar-refractivity contribution >= 4 is 5.82 Å². The standard InChI is InChI=1S/C9H9N3/c10-7-8-2-3-11-9(6-8)12-4-1-5-12/h2-3,6H,1,4-5H2. The van der Waals surface area contributed by atoms with E-state index in [0.29, 0.717) is 5.56 Å².